The number of anilines is 2. The van der Waals surface area contributed by atoms with Gasteiger partial charge in [0, 0.05) is 11.9 Å². The molecule has 8 heteroatoms. The van der Waals surface area contributed by atoms with E-state index in [4.69, 9.17) is 11.6 Å². The van der Waals surface area contributed by atoms with E-state index in [2.05, 4.69) is 20.0 Å². The molecule has 6 nitrogen and oxygen atoms in total. The highest BCUT2D eigenvalue weighted by Crippen LogP contribution is 2.26. The van der Waals surface area contributed by atoms with Crippen LogP contribution >= 0.6 is 11.6 Å². The van der Waals surface area contributed by atoms with Crippen LogP contribution in [0.5, 0.6) is 0 Å². The second kappa shape index (κ2) is 6.28. The molecule has 0 saturated carbocycles. The number of nitrogens with one attached hydrogen (secondary N) is 2. The van der Waals surface area contributed by atoms with E-state index < -0.39 is 10.0 Å². The van der Waals surface area contributed by atoms with Gasteiger partial charge in [-0.25, -0.2) is 18.4 Å². The van der Waals surface area contributed by atoms with Crippen LogP contribution in [-0.2, 0) is 16.6 Å². The van der Waals surface area contributed by atoms with Gasteiger partial charge < -0.3 is 5.32 Å². The van der Waals surface area contributed by atoms with E-state index in [9.17, 15) is 8.42 Å². The smallest absolute Gasteiger partial charge is 0.229 e. The molecule has 0 bridgehead atoms. The lowest BCUT2D eigenvalue weighted by molar-refractivity contribution is 0.607. The van der Waals surface area contributed by atoms with Crippen LogP contribution in [0.2, 0.25) is 5.02 Å². The van der Waals surface area contributed by atoms with E-state index in [1.807, 2.05) is 13.0 Å². The SMILES string of the molecule is Cc1nccc(CNc2ccc(NS(C)(=O)=O)c(Cl)c2)n1. The molecular formula is C13H15ClN4O2S. The molecule has 1 aromatic carbocycles. The number of rotatable bonds is 5. The summed E-state index contributed by atoms with van der Waals surface area (Å²) < 4.78 is 24.7. The Kier molecular flexibility index (Phi) is 4.64. The van der Waals surface area contributed by atoms with Crippen LogP contribution in [0.15, 0.2) is 30.5 Å². The first-order chi connectivity index (χ1) is 9.83. The Hall–Kier alpha value is -1.86. The van der Waals surface area contributed by atoms with E-state index in [0.717, 1.165) is 17.6 Å². The molecule has 112 valence electrons. The van der Waals surface area contributed by atoms with Gasteiger partial charge in [-0.05, 0) is 31.2 Å². The summed E-state index contributed by atoms with van der Waals surface area (Å²) in [5.41, 5.74) is 1.98. The highest BCUT2D eigenvalue weighted by molar-refractivity contribution is 7.92. The molecular weight excluding hydrogens is 312 g/mol. The summed E-state index contributed by atoms with van der Waals surface area (Å²) in [7, 11) is -3.34. The van der Waals surface area contributed by atoms with Gasteiger partial charge in [-0.1, -0.05) is 11.6 Å². The van der Waals surface area contributed by atoms with Gasteiger partial charge in [0.25, 0.3) is 0 Å². The molecule has 0 saturated heterocycles. The molecule has 0 amide bonds. The summed E-state index contributed by atoms with van der Waals surface area (Å²) in [5, 5.41) is 3.49. The molecule has 2 N–H and O–H groups in total. The molecule has 0 fully saturated rings. The second-order valence-corrected chi connectivity index (χ2v) is 6.67. The van der Waals surface area contributed by atoms with Crippen LogP contribution in [0, 0.1) is 6.92 Å². The van der Waals surface area contributed by atoms with Crippen molar-refractivity contribution in [2.45, 2.75) is 13.5 Å². The largest absolute Gasteiger partial charge is 0.379 e. The van der Waals surface area contributed by atoms with E-state index >= 15 is 0 Å². The average Bonchev–Trinajstić information content (AvgIpc) is 2.38. The van der Waals surface area contributed by atoms with E-state index in [-0.39, 0.29) is 0 Å². The highest BCUT2D eigenvalue weighted by atomic mass is 35.5. The molecule has 2 rings (SSSR count). The lowest BCUT2D eigenvalue weighted by Crippen LogP contribution is -2.10. The summed E-state index contributed by atoms with van der Waals surface area (Å²) in [6.07, 6.45) is 2.78. The van der Waals surface area contributed by atoms with Crippen LogP contribution < -0.4 is 10.0 Å². The first kappa shape index (κ1) is 15.5. The molecule has 0 aliphatic carbocycles. The minimum absolute atomic E-state index is 0.323. The van der Waals surface area contributed by atoms with E-state index in [1.165, 1.54) is 0 Å². The van der Waals surface area contributed by atoms with Crippen molar-refractivity contribution in [3.8, 4) is 0 Å². The van der Waals surface area contributed by atoms with Crippen molar-refractivity contribution < 1.29 is 8.42 Å². The fourth-order valence-electron chi connectivity index (χ4n) is 1.70. The molecule has 1 aromatic heterocycles. The summed E-state index contributed by atoms with van der Waals surface area (Å²) >= 11 is 6.05. The summed E-state index contributed by atoms with van der Waals surface area (Å²) in [4.78, 5) is 8.31. The predicted octanol–water partition coefficient (Wildman–Crippen LogP) is 2.42. The van der Waals surface area contributed by atoms with Gasteiger partial charge in [0.05, 0.1) is 29.2 Å². The zero-order valence-corrected chi connectivity index (χ0v) is 13.2. The van der Waals surface area contributed by atoms with Gasteiger partial charge in [-0.2, -0.15) is 0 Å². The average molecular weight is 327 g/mol. The van der Waals surface area contributed by atoms with E-state index in [1.54, 1.807) is 24.4 Å². The van der Waals surface area contributed by atoms with Gasteiger partial charge in [0.1, 0.15) is 5.82 Å². The number of nitrogens with zero attached hydrogens (tertiary/aromatic N) is 2. The zero-order chi connectivity index (χ0) is 15.5. The van der Waals surface area contributed by atoms with Crippen molar-refractivity contribution >= 4 is 33.0 Å². The van der Waals surface area contributed by atoms with Crippen LogP contribution in [0.25, 0.3) is 0 Å². The third-order valence-electron chi connectivity index (χ3n) is 2.57. The van der Waals surface area contributed by atoms with Gasteiger partial charge >= 0.3 is 0 Å². The topological polar surface area (TPSA) is 84.0 Å². The van der Waals surface area contributed by atoms with Crippen molar-refractivity contribution in [2.75, 3.05) is 16.3 Å². The second-order valence-electron chi connectivity index (χ2n) is 4.52. The zero-order valence-electron chi connectivity index (χ0n) is 11.6. The van der Waals surface area contributed by atoms with Gasteiger partial charge in [0.15, 0.2) is 0 Å². The fourth-order valence-corrected chi connectivity index (χ4v) is 2.57. The Bertz CT molecular complexity index is 750. The molecule has 0 atom stereocenters. The number of aromatic nitrogens is 2. The Labute approximate surface area is 128 Å². The predicted molar refractivity (Wildman–Crippen MR) is 84.0 cm³/mol. The fraction of sp³-hybridized carbons (Fsp3) is 0.231. The van der Waals surface area contributed by atoms with Gasteiger partial charge in [-0.15, -0.1) is 0 Å². The lowest BCUT2D eigenvalue weighted by Gasteiger charge is -2.10. The summed E-state index contributed by atoms with van der Waals surface area (Å²) in [6, 6.07) is 6.83. The third-order valence-corrected chi connectivity index (χ3v) is 3.48. The standard InChI is InChI=1S/C13H15ClN4O2S/c1-9-15-6-5-11(17-9)8-16-10-3-4-13(12(14)7-10)18-21(2,19)20/h3-7,16,18H,8H2,1-2H3. The first-order valence-corrected chi connectivity index (χ1v) is 8.40. The van der Waals surface area contributed by atoms with Crippen LogP contribution in [0.4, 0.5) is 11.4 Å². The quantitative estimate of drug-likeness (QED) is 0.881. The van der Waals surface area contributed by atoms with Crippen LogP contribution in [-0.4, -0.2) is 24.6 Å². The van der Waals surface area contributed by atoms with Crippen LogP contribution in [0.1, 0.15) is 11.5 Å². The number of hydrogen-bond acceptors (Lipinski definition) is 5. The van der Waals surface area contributed by atoms with Gasteiger partial charge in [-0.3, -0.25) is 4.72 Å². The Morgan fingerprint density at radius 3 is 2.67 bits per heavy atom. The maximum atomic E-state index is 11.2. The minimum Gasteiger partial charge on any atom is -0.379 e. The Balaban J connectivity index is 2.07. The highest BCUT2D eigenvalue weighted by Gasteiger charge is 2.07. The number of hydrogen-bond donors (Lipinski definition) is 2. The molecule has 1 heterocycles. The van der Waals surface area contributed by atoms with Crippen molar-refractivity contribution in [1.82, 2.24) is 9.97 Å². The molecule has 2 aromatic rings. The van der Waals surface area contributed by atoms with Gasteiger partial charge in [0.2, 0.25) is 10.0 Å². The van der Waals surface area contributed by atoms with Crippen molar-refractivity contribution in [3.05, 3.63) is 47.0 Å². The summed E-state index contributed by atoms with van der Waals surface area (Å²) in [6.45, 7) is 2.35. The molecule has 0 radical (unpaired) electrons. The third kappa shape index (κ3) is 4.87. The number of aryl methyl sites for hydroxylation is 1. The van der Waals surface area contributed by atoms with Crippen molar-refractivity contribution in [3.63, 3.8) is 0 Å². The number of sulfonamides is 1. The monoisotopic (exact) mass is 326 g/mol. The Morgan fingerprint density at radius 1 is 1.29 bits per heavy atom. The number of benzene rings is 1. The lowest BCUT2D eigenvalue weighted by atomic mass is 10.2. The maximum absolute atomic E-state index is 11.2. The van der Waals surface area contributed by atoms with Crippen LogP contribution in [0.3, 0.4) is 0 Å². The van der Waals surface area contributed by atoms with Crippen molar-refractivity contribution in [1.29, 1.82) is 0 Å². The molecule has 21 heavy (non-hydrogen) atoms. The minimum atomic E-state index is -3.34. The molecule has 0 unspecified atom stereocenters. The molecule has 0 aliphatic rings. The van der Waals surface area contributed by atoms with Crippen molar-refractivity contribution in [2.24, 2.45) is 0 Å². The molecule has 0 aliphatic heterocycles. The first-order valence-electron chi connectivity index (χ1n) is 6.13. The van der Waals surface area contributed by atoms with E-state index in [0.29, 0.717) is 23.1 Å². The summed E-state index contributed by atoms with van der Waals surface area (Å²) in [5.74, 6) is 0.708. The Morgan fingerprint density at radius 2 is 2.05 bits per heavy atom. The molecule has 0 spiro atoms. The normalized spacial score (nSPS) is 11.2. The number of halogens is 1. The maximum Gasteiger partial charge on any atom is 0.229 e.